The molecule has 0 bridgehead atoms. The lowest BCUT2D eigenvalue weighted by Crippen LogP contribution is -2.15. The van der Waals surface area contributed by atoms with Gasteiger partial charge in [-0.15, -0.1) is 11.3 Å². The second kappa shape index (κ2) is 12.8. The van der Waals surface area contributed by atoms with Crippen molar-refractivity contribution in [2.24, 2.45) is 5.92 Å². The van der Waals surface area contributed by atoms with E-state index in [1.54, 1.807) is 21.3 Å². The number of rotatable bonds is 9. The molecule has 0 atom stereocenters. The molecule has 1 saturated carbocycles. The predicted molar refractivity (Wildman–Crippen MR) is 149 cm³/mol. The molecule has 194 valence electrons. The van der Waals surface area contributed by atoms with Crippen LogP contribution in [-0.4, -0.2) is 33.8 Å². The molecule has 1 aromatic heterocycles. The maximum Gasteiger partial charge on any atom is 0.261 e. The molecule has 2 aromatic carbocycles. The van der Waals surface area contributed by atoms with Crippen LogP contribution in [0.15, 0.2) is 47.8 Å². The van der Waals surface area contributed by atoms with E-state index in [9.17, 15) is 4.79 Å². The lowest BCUT2D eigenvalue weighted by atomic mass is 9.97. The van der Waals surface area contributed by atoms with E-state index in [0.29, 0.717) is 16.7 Å². The summed E-state index contributed by atoms with van der Waals surface area (Å²) < 4.78 is 16.6. The van der Waals surface area contributed by atoms with Gasteiger partial charge in [-0.2, -0.15) is 0 Å². The molecule has 1 N–H and O–H groups in total. The number of hydrogen-bond donors (Lipinski definition) is 1. The van der Waals surface area contributed by atoms with Crippen LogP contribution in [0.5, 0.6) is 17.2 Å². The first-order valence-electron chi connectivity index (χ1n) is 12.6. The second-order valence-electron chi connectivity index (χ2n) is 9.71. The Balaban J connectivity index is 0.000000205. The highest BCUT2D eigenvalue weighted by Gasteiger charge is 2.22. The molecule has 5 nitrogen and oxygen atoms in total. The minimum atomic E-state index is -0.0553. The van der Waals surface area contributed by atoms with Gasteiger partial charge in [-0.1, -0.05) is 39.8 Å². The van der Waals surface area contributed by atoms with Crippen molar-refractivity contribution in [1.82, 2.24) is 5.32 Å². The molecule has 36 heavy (non-hydrogen) atoms. The van der Waals surface area contributed by atoms with Gasteiger partial charge in [-0.3, -0.25) is 4.79 Å². The third-order valence-electron chi connectivity index (χ3n) is 6.28. The quantitative estimate of drug-likeness (QED) is 0.324. The molecule has 1 heterocycles. The highest BCUT2D eigenvalue weighted by Crippen LogP contribution is 2.36. The van der Waals surface area contributed by atoms with Crippen molar-refractivity contribution in [3.05, 3.63) is 63.8 Å². The van der Waals surface area contributed by atoms with Crippen LogP contribution in [-0.2, 0) is 0 Å². The summed E-state index contributed by atoms with van der Waals surface area (Å²) in [5.41, 5.74) is 4.61. The Kier molecular flexibility index (Phi) is 9.82. The number of thiophene rings is 1. The number of ether oxygens (including phenoxy) is 3. The van der Waals surface area contributed by atoms with Gasteiger partial charge in [0, 0.05) is 12.6 Å². The largest absolute Gasteiger partial charge is 0.496 e. The molecule has 6 heteroatoms. The first kappa shape index (κ1) is 27.6. The van der Waals surface area contributed by atoms with Crippen molar-refractivity contribution < 1.29 is 19.0 Å². The summed E-state index contributed by atoms with van der Waals surface area (Å²) in [6.07, 6.45) is 2.62. The molecule has 1 aliphatic carbocycles. The Morgan fingerprint density at radius 1 is 0.917 bits per heavy atom. The molecule has 1 amide bonds. The third kappa shape index (κ3) is 7.26. The summed E-state index contributed by atoms with van der Waals surface area (Å²) in [4.78, 5) is 12.4. The molecule has 0 spiro atoms. The molecule has 1 fully saturated rings. The number of methoxy groups -OCH3 is 2. The van der Waals surface area contributed by atoms with Gasteiger partial charge in [0.15, 0.2) is 11.5 Å². The molecular weight excluding hydrogens is 470 g/mol. The Hall–Kier alpha value is -2.99. The van der Waals surface area contributed by atoms with Crippen molar-refractivity contribution in [3.8, 4) is 28.4 Å². The molecule has 3 aromatic rings. The maximum absolute atomic E-state index is 11.7. The summed E-state index contributed by atoms with van der Waals surface area (Å²) in [6.45, 7) is 9.53. The van der Waals surface area contributed by atoms with Crippen molar-refractivity contribution in [2.45, 2.75) is 52.4 Å². The molecular formula is C30H39NO4S. The van der Waals surface area contributed by atoms with Crippen LogP contribution in [0.4, 0.5) is 0 Å². The Labute approximate surface area is 219 Å². The average Bonchev–Trinajstić information content (AvgIpc) is 3.59. The predicted octanol–water partition coefficient (Wildman–Crippen LogP) is 7.51. The normalized spacial score (nSPS) is 12.7. The van der Waals surface area contributed by atoms with E-state index in [4.69, 9.17) is 14.2 Å². The summed E-state index contributed by atoms with van der Waals surface area (Å²) in [5.74, 6) is 4.25. The van der Waals surface area contributed by atoms with Crippen LogP contribution in [0.1, 0.15) is 73.2 Å². The van der Waals surface area contributed by atoms with E-state index < -0.39 is 0 Å². The van der Waals surface area contributed by atoms with Crippen molar-refractivity contribution >= 4 is 17.2 Å². The minimum absolute atomic E-state index is 0.0553. The van der Waals surface area contributed by atoms with Crippen LogP contribution in [0, 0.1) is 5.92 Å². The van der Waals surface area contributed by atoms with E-state index in [1.807, 2.05) is 23.6 Å². The van der Waals surface area contributed by atoms with E-state index in [1.165, 1.54) is 35.3 Å². The van der Waals surface area contributed by atoms with Gasteiger partial charge in [-0.05, 0) is 83.0 Å². The minimum Gasteiger partial charge on any atom is -0.496 e. The third-order valence-corrected chi connectivity index (χ3v) is 7.21. The average molecular weight is 510 g/mol. The monoisotopic (exact) mass is 509 g/mol. The standard InChI is InChI=1S/C16H19NO2S.C14H20O2/c1-10(2)11-5-6-14(19-4)13(7-11)12-8-15(20-9-12)16(18)17-3;1-10(2)12-6-7-13(15-3)14(8-12)16-9-11-4-5-11/h5-10H,1-4H3,(H,17,18);6-8,10-11H,4-5,9H2,1-3H3. The van der Waals surface area contributed by atoms with Crippen LogP contribution in [0.3, 0.4) is 0 Å². The molecule has 0 radical (unpaired) electrons. The van der Waals surface area contributed by atoms with Crippen molar-refractivity contribution in [2.75, 3.05) is 27.9 Å². The van der Waals surface area contributed by atoms with Gasteiger partial charge >= 0.3 is 0 Å². The van der Waals surface area contributed by atoms with Gasteiger partial charge in [-0.25, -0.2) is 0 Å². The topological polar surface area (TPSA) is 56.8 Å². The van der Waals surface area contributed by atoms with Gasteiger partial charge < -0.3 is 19.5 Å². The van der Waals surface area contributed by atoms with Crippen molar-refractivity contribution in [3.63, 3.8) is 0 Å². The summed E-state index contributed by atoms with van der Waals surface area (Å²) in [7, 11) is 5.00. The van der Waals surface area contributed by atoms with Crippen LogP contribution < -0.4 is 19.5 Å². The highest BCUT2D eigenvalue weighted by molar-refractivity contribution is 7.12. The molecule has 4 rings (SSSR count). The first-order chi connectivity index (χ1) is 17.3. The molecule has 0 aliphatic heterocycles. The number of hydrogen-bond acceptors (Lipinski definition) is 5. The first-order valence-corrected chi connectivity index (χ1v) is 13.4. The summed E-state index contributed by atoms with van der Waals surface area (Å²) in [5, 5.41) is 4.64. The fraction of sp³-hybridized carbons (Fsp3) is 0.433. The number of amides is 1. The van der Waals surface area contributed by atoms with Crippen LogP contribution in [0.25, 0.3) is 11.1 Å². The zero-order valence-electron chi connectivity index (χ0n) is 22.5. The zero-order valence-corrected chi connectivity index (χ0v) is 23.3. The van der Waals surface area contributed by atoms with Gasteiger partial charge in [0.1, 0.15) is 5.75 Å². The smallest absolute Gasteiger partial charge is 0.261 e. The van der Waals surface area contributed by atoms with E-state index in [-0.39, 0.29) is 5.91 Å². The number of benzene rings is 2. The Morgan fingerprint density at radius 3 is 2.08 bits per heavy atom. The summed E-state index contributed by atoms with van der Waals surface area (Å²) in [6, 6.07) is 14.3. The second-order valence-corrected chi connectivity index (χ2v) is 10.6. The maximum atomic E-state index is 11.7. The fourth-order valence-electron chi connectivity index (χ4n) is 3.69. The van der Waals surface area contributed by atoms with Crippen molar-refractivity contribution in [1.29, 1.82) is 0 Å². The zero-order chi connectivity index (χ0) is 26.2. The number of nitrogens with one attached hydrogen (secondary N) is 1. The molecule has 0 saturated heterocycles. The molecule has 1 aliphatic rings. The SMILES string of the molecule is CNC(=O)c1cc(-c2cc(C(C)C)ccc2OC)cs1.COc1ccc(C(C)C)cc1OCC1CC1. The van der Waals surface area contributed by atoms with E-state index >= 15 is 0 Å². The number of carbonyl (C=O) groups excluding carboxylic acids is 1. The van der Waals surface area contributed by atoms with Gasteiger partial charge in [0.25, 0.3) is 5.91 Å². The lowest BCUT2D eigenvalue weighted by molar-refractivity contribution is 0.0967. The number of carbonyl (C=O) groups is 1. The highest BCUT2D eigenvalue weighted by atomic mass is 32.1. The van der Waals surface area contributed by atoms with Gasteiger partial charge in [0.2, 0.25) is 0 Å². The van der Waals surface area contributed by atoms with E-state index in [0.717, 1.165) is 40.9 Å². The van der Waals surface area contributed by atoms with Crippen LogP contribution in [0.2, 0.25) is 0 Å². The lowest BCUT2D eigenvalue weighted by Gasteiger charge is -2.13. The van der Waals surface area contributed by atoms with Gasteiger partial charge in [0.05, 0.1) is 25.7 Å². The Morgan fingerprint density at radius 2 is 1.53 bits per heavy atom. The Bertz CT molecular complexity index is 1150. The van der Waals surface area contributed by atoms with Crippen LogP contribution >= 0.6 is 11.3 Å². The summed E-state index contributed by atoms with van der Waals surface area (Å²) >= 11 is 1.44. The van der Waals surface area contributed by atoms with E-state index in [2.05, 4.69) is 57.3 Å². The molecule has 0 unspecified atom stereocenters. The fourth-order valence-corrected chi connectivity index (χ4v) is 4.54.